The summed E-state index contributed by atoms with van der Waals surface area (Å²) in [5, 5.41) is 8.95. The first-order valence-electron chi connectivity index (χ1n) is 5.04. The monoisotopic (exact) mass is 262 g/mol. The molecule has 17 heavy (non-hydrogen) atoms. The van der Waals surface area contributed by atoms with Crippen molar-refractivity contribution < 1.29 is 18.7 Å². The van der Waals surface area contributed by atoms with Gasteiger partial charge in [-0.2, -0.15) is 0 Å². The van der Waals surface area contributed by atoms with Crippen LogP contribution in [0, 0.1) is 5.41 Å². The number of hydrogen-bond acceptors (Lipinski definition) is 1. The molecule has 1 rings (SSSR count). The lowest BCUT2D eigenvalue weighted by Crippen LogP contribution is -2.26. The van der Waals surface area contributed by atoms with Crippen molar-refractivity contribution in [2.45, 2.75) is 26.7 Å². The van der Waals surface area contributed by atoms with Crippen LogP contribution in [0.3, 0.4) is 0 Å². The van der Waals surface area contributed by atoms with E-state index in [-0.39, 0.29) is 22.6 Å². The van der Waals surface area contributed by atoms with Crippen LogP contribution in [0.5, 0.6) is 0 Å². The Labute approximate surface area is 103 Å². The fourth-order valence-corrected chi connectivity index (χ4v) is 1.81. The van der Waals surface area contributed by atoms with Gasteiger partial charge in [0.15, 0.2) is 0 Å². The lowest BCUT2D eigenvalue weighted by Gasteiger charge is -2.21. The van der Waals surface area contributed by atoms with Gasteiger partial charge >= 0.3 is 5.97 Å². The first-order chi connectivity index (χ1) is 7.75. The summed E-state index contributed by atoms with van der Waals surface area (Å²) >= 11 is 5.71. The molecule has 0 saturated carbocycles. The Morgan fingerprint density at radius 1 is 1.47 bits per heavy atom. The third-order valence-corrected chi connectivity index (χ3v) is 2.90. The van der Waals surface area contributed by atoms with Gasteiger partial charge in [0.25, 0.3) is 6.43 Å². The number of benzene rings is 1. The van der Waals surface area contributed by atoms with E-state index in [2.05, 4.69) is 0 Å². The molecule has 0 aromatic heterocycles. The minimum atomic E-state index is -2.71. The van der Waals surface area contributed by atoms with Crippen molar-refractivity contribution >= 4 is 17.6 Å². The molecule has 0 spiro atoms. The maximum Gasteiger partial charge on any atom is 0.309 e. The quantitative estimate of drug-likeness (QED) is 0.893. The molecular weight excluding hydrogens is 250 g/mol. The smallest absolute Gasteiger partial charge is 0.309 e. The first-order valence-corrected chi connectivity index (χ1v) is 5.42. The summed E-state index contributed by atoms with van der Waals surface area (Å²) < 4.78 is 25.7. The van der Waals surface area contributed by atoms with E-state index in [1.807, 2.05) is 0 Å². The number of hydrogen-bond donors (Lipinski definition) is 1. The topological polar surface area (TPSA) is 37.3 Å². The van der Waals surface area contributed by atoms with E-state index in [0.717, 1.165) is 0 Å². The standard InChI is InChI=1S/C12H13ClF2O2/c1-12(2,11(16)17)6-7-4-3-5-8(13)9(7)10(14)15/h3-5,10H,6H2,1-2H3,(H,16,17). The van der Waals surface area contributed by atoms with Gasteiger partial charge in [0.05, 0.1) is 5.41 Å². The Bertz CT molecular complexity index is 431. The number of aliphatic carboxylic acids is 1. The van der Waals surface area contributed by atoms with Crippen LogP contribution < -0.4 is 0 Å². The van der Waals surface area contributed by atoms with Crippen molar-refractivity contribution in [1.82, 2.24) is 0 Å². The molecule has 0 radical (unpaired) electrons. The van der Waals surface area contributed by atoms with Crippen LogP contribution in [-0.2, 0) is 11.2 Å². The zero-order valence-electron chi connectivity index (χ0n) is 9.51. The number of rotatable bonds is 4. The summed E-state index contributed by atoms with van der Waals surface area (Å²) in [6.45, 7) is 2.98. The van der Waals surface area contributed by atoms with E-state index in [1.54, 1.807) is 6.07 Å². The zero-order valence-corrected chi connectivity index (χ0v) is 10.3. The maximum atomic E-state index is 12.8. The van der Waals surface area contributed by atoms with E-state index < -0.39 is 17.8 Å². The van der Waals surface area contributed by atoms with Gasteiger partial charge in [0.1, 0.15) is 0 Å². The van der Waals surface area contributed by atoms with E-state index in [9.17, 15) is 13.6 Å². The van der Waals surface area contributed by atoms with Gasteiger partial charge in [0, 0.05) is 10.6 Å². The van der Waals surface area contributed by atoms with Gasteiger partial charge in [-0.05, 0) is 31.9 Å². The largest absolute Gasteiger partial charge is 0.481 e. The molecule has 0 aliphatic carbocycles. The van der Waals surface area contributed by atoms with Crippen LogP contribution in [0.25, 0.3) is 0 Å². The van der Waals surface area contributed by atoms with Crippen LogP contribution >= 0.6 is 11.6 Å². The predicted octanol–water partition coefficient (Wildman–Crippen LogP) is 3.93. The fourth-order valence-electron chi connectivity index (χ4n) is 1.53. The molecule has 0 aliphatic heterocycles. The molecule has 2 nitrogen and oxygen atoms in total. The van der Waals surface area contributed by atoms with E-state index in [0.29, 0.717) is 0 Å². The Balaban J connectivity index is 3.15. The number of halogens is 3. The molecule has 0 atom stereocenters. The highest BCUT2D eigenvalue weighted by Crippen LogP contribution is 2.34. The SMILES string of the molecule is CC(C)(Cc1cccc(Cl)c1C(F)F)C(=O)O. The molecule has 0 fully saturated rings. The minimum Gasteiger partial charge on any atom is -0.481 e. The minimum absolute atomic E-state index is 0.0164. The first kappa shape index (κ1) is 13.9. The van der Waals surface area contributed by atoms with Crippen LogP contribution in [0.2, 0.25) is 5.02 Å². The Morgan fingerprint density at radius 3 is 2.53 bits per heavy atom. The lowest BCUT2D eigenvalue weighted by molar-refractivity contribution is -0.146. The lowest BCUT2D eigenvalue weighted by atomic mass is 9.84. The molecular formula is C12H13ClF2O2. The van der Waals surface area contributed by atoms with Gasteiger partial charge < -0.3 is 5.11 Å². The van der Waals surface area contributed by atoms with Gasteiger partial charge in [-0.1, -0.05) is 23.7 Å². The summed E-state index contributed by atoms with van der Waals surface area (Å²) in [5.74, 6) is -1.03. The molecule has 0 heterocycles. The molecule has 0 aliphatic rings. The summed E-state index contributed by atoms with van der Waals surface area (Å²) in [6.07, 6.45) is -2.69. The Morgan fingerprint density at radius 2 is 2.06 bits per heavy atom. The van der Waals surface area contributed by atoms with Crippen LogP contribution in [0.4, 0.5) is 8.78 Å². The molecule has 1 aromatic rings. The van der Waals surface area contributed by atoms with Crippen molar-refractivity contribution in [2.75, 3.05) is 0 Å². The number of carboxylic acids is 1. The van der Waals surface area contributed by atoms with Gasteiger partial charge in [-0.15, -0.1) is 0 Å². The van der Waals surface area contributed by atoms with Gasteiger partial charge in [-0.25, -0.2) is 8.78 Å². The zero-order chi connectivity index (χ0) is 13.2. The average Bonchev–Trinajstić information content (AvgIpc) is 2.15. The van der Waals surface area contributed by atoms with E-state index >= 15 is 0 Å². The highest BCUT2D eigenvalue weighted by atomic mass is 35.5. The summed E-state index contributed by atoms with van der Waals surface area (Å²) in [4.78, 5) is 11.0. The Kier molecular flexibility index (Phi) is 4.09. The highest BCUT2D eigenvalue weighted by molar-refractivity contribution is 6.31. The second-order valence-corrected chi connectivity index (χ2v) is 4.89. The van der Waals surface area contributed by atoms with Crippen LogP contribution in [0.15, 0.2) is 18.2 Å². The molecule has 0 bridgehead atoms. The van der Waals surface area contributed by atoms with Crippen molar-refractivity contribution in [1.29, 1.82) is 0 Å². The number of alkyl halides is 2. The molecule has 94 valence electrons. The number of carbonyl (C=O) groups is 1. The molecule has 1 aromatic carbocycles. The molecule has 1 N–H and O–H groups in total. The summed E-state index contributed by atoms with van der Waals surface area (Å²) in [7, 11) is 0. The van der Waals surface area contributed by atoms with Gasteiger partial charge in [-0.3, -0.25) is 4.79 Å². The third kappa shape index (κ3) is 3.16. The number of carboxylic acid groups (broad SMARTS) is 1. The fraction of sp³-hybridized carbons (Fsp3) is 0.417. The van der Waals surface area contributed by atoms with Crippen molar-refractivity contribution in [3.8, 4) is 0 Å². The summed E-state index contributed by atoms with van der Waals surface area (Å²) in [6, 6.07) is 4.40. The predicted molar refractivity (Wildman–Crippen MR) is 61.5 cm³/mol. The van der Waals surface area contributed by atoms with Gasteiger partial charge in [0.2, 0.25) is 0 Å². The van der Waals surface area contributed by atoms with E-state index in [4.69, 9.17) is 16.7 Å². The highest BCUT2D eigenvalue weighted by Gasteiger charge is 2.30. The van der Waals surface area contributed by atoms with Crippen LogP contribution in [0.1, 0.15) is 31.4 Å². The van der Waals surface area contributed by atoms with Crippen molar-refractivity contribution in [3.05, 3.63) is 34.3 Å². The Hall–Kier alpha value is -1.16. The third-order valence-electron chi connectivity index (χ3n) is 2.57. The van der Waals surface area contributed by atoms with Crippen molar-refractivity contribution in [3.63, 3.8) is 0 Å². The molecule has 5 heteroatoms. The van der Waals surface area contributed by atoms with Crippen LogP contribution in [-0.4, -0.2) is 11.1 Å². The average molecular weight is 263 g/mol. The second-order valence-electron chi connectivity index (χ2n) is 4.48. The second kappa shape index (κ2) is 5.00. The normalized spacial score (nSPS) is 11.9. The van der Waals surface area contributed by atoms with E-state index in [1.165, 1.54) is 26.0 Å². The maximum absolute atomic E-state index is 12.8. The molecule has 0 saturated heterocycles. The molecule has 0 unspecified atom stereocenters. The molecule has 0 amide bonds. The van der Waals surface area contributed by atoms with Crippen molar-refractivity contribution in [2.24, 2.45) is 5.41 Å². The summed E-state index contributed by atoms with van der Waals surface area (Å²) in [5.41, 5.74) is -1.10.